The number of hydrogen-bond acceptors (Lipinski definition) is 3. The first-order chi connectivity index (χ1) is 7.96. The molecule has 0 saturated heterocycles. The second kappa shape index (κ2) is 5.98. The van der Waals surface area contributed by atoms with Crippen LogP contribution >= 0.6 is 11.6 Å². The van der Waals surface area contributed by atoms with Gasteiger partial charge in [0.2, 0.25) is 0 Å². The van der Waals surface area contributed by atoms with Gasteiger partial charge in [0, 0.05) is 19.3 Å². The van der Waals surface area contributed by atoms with E-state index in [0.717, 1.165) is 0 Å². The van der Waals surface area contributed by atoms with E-state index >= 15 is 0 Å². The lowest BCUT2D eigenvalue weighted by Crippen LogP contribution is -2.40. The first-order valence-corrected chi connectivity index (χ1v) is 5.87. The number of nitrogens with one attached hydrogen (secondary N) is 1. The van der Waals surface area contributed by atoms with Crippen LogP contribution in [-0.2, 0) is 4.74 Å². The number of aromatic nitrogens is 1. The van der Waals surface area contributed by atoms with Gasteiger partial charge in [0.25, 0.3) is 5.91 Å². The number of pyridine rings is 1. The summed E-state index contributed by atoms with van der Waals surface area (Å²) in [4.78, 5) is 15.7. The van der Waals surface area contributed by atoms with Gasteiger partial charge in [-0.05, 0) is 32.9 Å². The number of carbonyl (C=O) groups excluding carboxylic acids is 1. The van der Waals surface area contributed by atoms with E-state index in [1.807, 2.05) is 20.8 Å². The first kappa shape index (κ1) is 13.9. The molecule has 0 spiro atoms. The highest BCUT2D eigenvalue weighted by Gasteiger charge is 2.19. The third-order valence-corrected chi connectivity index (χ3v) is 2.51. The van der Waals surface area contributed by atoms with E-state index in [4.69, 9.17) is 16.3 Å². The molecule has 0 aliphatic heterocycles. The second-order valence-corrected chi connectivity index (χ2v) is 4.58. The molecule has 0 bridgehead atoms. The minimum atomic E-state index is -0.390. The van der Waals surface area contributed by atoms with Crippen LogP contribution in [-0.4, -0.2) is 29.6 Å². The Kier molecular flexibility index (Phi) is 4.90. The Bertz CT molecular complexity index is 394. The molecule has 0 radical (unpaired) electrons. The molecule has 1 N–H and O–H groups in total. The molecular weight excluding hydrogens is 240 g/mol. The number of ether oxygens (including phenoxy) is 1. The maximum Gasteiger partial charge on any atom is 0.254 e. The van der Waals surface area contributed by atoms with Gasteiger partial charge in [-0.15, -0.1) is 0 Å². The average molecular weight is 257 g/mol. The van der Waals surface area contributed by atoms with Gasteiger partial charge >= 0.3 is 0 Å². The van der Waals surface area contributed by atoms with Gasteiger partial charge in [0.05, 0.1) is 11.2 Å². The van der Waals surface area contributed by atoms with E-state index in [0.29, 0.717) is 18.7 Å². The fourth-order valence-electron chi connectivity index (χ4n) is 1.39. The minimum absolute atomic E-state index is 0.208. The quantitative estimate of drug-likeness (QED) is 0.823. The molecule has 0 aliphatic carbocycles. The zero-order valence-corrected chi connectivity index (χ0v) is 11.0. The van der Waals surface area contributed by atoms with Crippen molar-refractivity contribution in [2.75, 3.05) is 13.2 Å². The number of nitrogens with zero attached hydrogens (tertiary/aromatic N) is 1. The lowest BCUT2D eigenvalue weighted by Gasteiger charge is -2.24. The molecule has 94 valence electrons. The van der Waals surface area contributed by atoms with Gasteiger partial charge < -0.3 is 10.1 Å². The van der Waals surface area contributed by atoms with Crippen LogP contribution in [0.1, 0.15) is 31.1 Å². The Morgan fingerprint density at radius 1 is 1.59 bits per heavy atom. The van der Waals surface area contributed by atoms with Gasteiger partial charge in [-0.1, -0.05) is 11.6 Å². The molecular formula is C12H17ClN2O2. The van der Waals surface area contributed by atoms with Crippen molar-refractivity contribution in [1.29, 1.82) is 0 Å². The van der Waals surface area contributed by atoms with E-state index in [-0.39, 0.29) is 16.7 Å². The largest absolute Gasteiger partial charge is 0.374 e. The minimum Gasteiger partial charge on any atom is -0.374 e. The van der Waals surface area contributed by atoms with Crippen LogP contribution < -0.4 is 5.32 Å². The summed E-state index contributed by atoms with van der Waals surface area (Å²) in [6.45, 7) is 6.78. The molecule has 0 unspecified atom stereocenters. The predicted molar refractivity (Wildman–Crippen MR) is 67.3 cm³/mol. The van der Waals surface area contributed by atoms with Gasteiger partial charge in [0.1, 0.15) is 5.15 Å². The lowest BCUT2D eigenvalue weighted by atomic mass is 10.1. The van der Waals surface area contributed by atoms with Crippen LogP contribution in [0.4, 0.5) is 0 Å². The molecule has 1 heterocycles. The number of hydrogen-bond donors (Lipinski definition) is 1. The molecule has 0 aliphatic rings. The Labute approximate surface area is 106 Å². The summed E-state index contributed by atoms with van der Waals surface area (Å²) in [6, 6.07) is 3.31. The Morgan fingerprint density at radius 2 is 2.29 bits per heavy atom. The van der Waals surface area contributed by atoms with Crippen LogP contribution in [0.2, 0.25) is 5.15 Å². The number of carbonyl (C=O) groups is 1. The molecule has 5 heteroatoms. The maximum absolute atomic E-state index is 11.8. The van der Waals surface area contributed by atoms with Crippen molar-refractivity contribution in [3.63, 3.8) is 0 Å². The van der Waals surface area contributed by atoms with Crippen LogP contribution in [0.3, 0.4) is 0 Å². The molecule has 1 amide bonds. The topological polar surface area (TPSA) is 51.2 Å². The zero-order valence-electron chi connectivity index (χ0n) is 10.3. The van der Waals surface area contributed by atoms with Crippen molar-refractivity contribution < 1.29 is 9.53 Å². The first-order valence-electron chi connectivity index (χ1n) is 5.49. The summed E-state index contributed by atoms with van der Waals surface area (Å²) in [5.74, 6) is -0.240. The second-order valence-electron chi connectivity index (χ2n) is 4.22. The zero-order chi connectivity index (χ0) is 12.9. The van der Waals surface area contributed by atoms with Crippen molar-refractivity contribution in [2.45, 2.75) is 26.4 Å². The highest BCUT2D eigenvalue weighted by Crippen LogP contribution is 2.12. The number of halogens is 1. The molecule has 1 aromatic rings. The van der Waals surface area contributed by atoms with E-state index in [1.54, 1.807) is 18.3 Å². The average Bonchev–Trinajstić information content (AvgIpc) is 2.27. The van der Waals surface area contributed by atoms with Gasteiger partial charge in [-0.2, -0.15) is 0 Å². The summed E-state index contributed by atoms with van der Waals surface area (Å²) >= 11 is 5.83. The van der Waals surface area contributed by atoms with Gasteiger partial charge in [-0.3, -0.25) is 4.79 Å². The fraction of sp³-hybridized carbons (Fsp3) is 0.500. The Hall–Kier alpha value is -1.13. The number of amides is 1. The number of rotatable bonds is 5. The predicted octanol–water partition coefficient (Wildman–Crippen LogP) is 2.28. The van der Waals surface area contributed by atoms with Gasteiger partial charge in [0.15, 0.2) is 0 Å². The highest BCUT2D eigenvalue weighted by molar-refractivity contribution is 6.32. The van der Waals surface area contributed by atoms with Crippen LogP contribution in [0.25, 0.3) is 0 Å². The normalized spacial score (nSPS) is 11.3. The fourth-order valence-corrected chi connectivity index (χ4v) is 1.59. The molecule has 0 saturated carbocycles. The standard InChI is InChI=1S/C12H17ClN2O2/c1-4-17-12(2,3)8-15-11(16)9-6-5-7-14-10(9)13/h5-7H,4,8H2,1-3H3,(H,15,16). The van der Waals surface area contributed by atoms with Crippen molar-refractivity contribution in [2.24, 2.45) is 0 Å². The summed E-state index contributed by atoms with van der Waals surface area (Å²) in [5, 5.41) is 2.98. The third kappa shape index (κ3) is 4.32. The summed E-state index contributed by atoms with van der Waals surface area (Å²) < 4.78 is 5.48. The summed E-state index contributed by atoms with van der Waals surface area (Å²) in [5.41, 5.74) is -0.0134. The highest BCUT2D eigenvalue weighted by atomic mass is 35.5. The van der Waals surface area contributed by atoms with E-state index in [2.05, 4.69) is 10.3 Å². The molecule has 0 atom stereocenters. The summed E-state index contributed by atoms with van der Waals surface area (Å²) in [6.07, 6.45) is 1.54. The van der Waals surface area contributed by atoms with Crippen LogP contribution in [0.15, 0.2) is 18.3 Å². The van der Waals surface area contributed by atoms with E-state index in [9.17, 15) is 4.79 Å². The van der Waals surface area contributed by atoms with E-state index < -0.39 is 0 Å². The molecule has 17 heavy (non-hydrogen) atoms. The van der Waals surface area contributed by atoms with E-state index in [1.165, 1.54) is 0 Å². The van der Waals surface area contributed by atoms with Crippen molar-refractivity contribution in [3.8, 4) is 0 Å². The van der Waals surface area contributed by atoms with Crippen molar-refractivity contribution in [3.05, 3.63) is 29.0 Å². The Morgan fingerprint density at radius 3 is 2.88 bits per heavy atom. The third-order valence-electron chi connectivity index (χ3n) is 2.21. The molecule has 0 fully saturated rings. The van der Waals surface area contributed by atoms with Crippen molar-refractivity contribution >= 4 is 17.5 Å². The molecule has 1 aromatic heterocycles. The van der Waals surface area contributed by atoms with Gasteiger partial charge in [-0.25, -0.2) is 4.98 Å². The lowest BCUT2D eigenvalue weighted by molar-refractivity contribution is -0.00815. The Balaban J connectivity index is 2.59. The maximum atomic E-state index is 11.8. The van der Waals surface area contributed by atoms with Crippen LogP contribution in [0, 0.1) is 0 Å². The SMILES string of the molecule is CCOC(C)(C)CNC(=O)c1cccnc1Cl. The molecule has 0 aromatic carbocycles. The summed E-state index contributed by atoms with van der Waals surface area (Å²) in [7, 11) is 0. The van der Waals surface area contributed by atoms with Crippen LogP contribution in [0.5, 0.6) is 0 Å². The van der Waals surface area contributed by atoms with Crippen molar-refractivity contribution in [1.82, 2.24) is 10.3 Å². The molecule has 1 rings (SSSR count). The smallest absolute Gasteiger partial charge is 0.254 e. The molecule has 4 nitrogen and oxygen atoms in total. The monoisotopic (exact) mass is 256 g/mol.